The van der Waals surface area contributed by atoms with Crippen molar-refractivity contribution in [1.29, 1.82) is 0 Å². The van der Waals surface area contributed by atoms with Crippen LogP contribution in [0.1, 0.15) is 13.8 Å². The van der Waals surface area contributed by atoms with Crippen LogP contribution in [-0.4, -0.2) is 19.0 Å². The minimum Gasteiger partial charge on any atom is -0.379 e. The van der Waals surface area contributed by atoms with Crippen molar-refractivity contribution in [2.24, 2.45) is 5.41 Å². The van der Waals surface area contributed by atoms with Crippen molar-refractivity contribution in [3.8, 4) is 0 Å². The number of carbonyl (C=O) groups is 1. The van der Waals surface area contributed by atoms with E-state index in [0.717, 1.165) is 13.2 Å². The standard InChI is InChI=1S/C8H12O2/c1-7(9)3-4-8(2)5-10-6-8/h3-4H,5-6H2,1-2H3/b4-3+. The van der Waals surface area contributed by atoms with E-state index in [4.69, 9.17) is 4.74 Å². The third-order valence-corrected chi connectivity index (χ3v) is 1.58. The molecule has 0 saturated carbocycles. The van der Waals surface area contributed by atoms with Crippen LogP contribution < -0.4 is 0 Å². The third kappa shape index (κ3) is 1.67. The SMILES string of the molecule is CC(=O)/C=C/C1(C)COC1. The van der Waals surface area contributed by atoms with Crippen molar-refractivity contribution >= 4 is 5.78 Å². The van der Waals surface area contributed by atoms with Crippen LogP contribution in [-0.2, 0) is 9.53 Å². The van der Waals surface area contributed by atoms with E-state index in [1.807, 2.05) is 6.08 Å². The normalized spacial score (nSPS) is 22.6. The lowest BCUT2D eigenvalue weighted by molar-refractivity contribution is -0.113. The molecule has 56 valence electrons. The third-order valence-electron chi connectivity index (χ3n) is 1.58. The molecule has 0 aromatic heterocycles. The highest BCUT2D eigenvalue weighted by atomic mass is 16.5. The Kier molecular flexibility index (Phi) is 1.90. The number of allylic oxidation sites excluding steroid dienone is 1. The fourth-order valence-corrected chi connectivity index (χ4v) is 0.839. The molecular weight excluding hydrogens is 128 g/mol. The Morgan fingerprint density at radius 2 is 2.20 bits per heavy atom. The van der Waals surface area contributed by atoms with Gasteiger partial charge in [0.05, 0.1) is 13.2 Å². The van der Waals surface area contributed by atoms with Crippen molar-refractivity contribution < 1.29 is 9.53 Å². The summed E-state index contributed by atoms with van der Waals surface area (Å²) >= 11 is 0. The van der Waals surface area contributed by atoms with Gasteiger partial charge in [-0.2, -0.15) is 0 Å². The number of ketones is 1. The van der Waals surface area contributed by atoms with E-state index in [-0.39, 0.29) is 11.2 Å². The number of hydrogen-bond acceptors (Lipinski definition) is 2. The fraction of sp³-hybridized carbons (Fsp3) is 0.625. The van der Waals surface area contributed by atoms with Gasteiger partial charge in [-0.05, 0) is 13.0 Å². The lowest BCUT2D eigenvalue weighted by Gasteiger charge is -2.34. The van der Waals surface area contributed by atoms with Gasteiger partial charge >= 0.3 is 0 Å². The van der Waals surface area contributed by atoms with Gasteiger partial charge in [-0.15, -0.1) is 0 Å². The summed E-state index contributed by atoms with van der Waals surface area (Å²) in [6, 6.07) is 0. The Morgan fingerprint density at radius 3 is 2.50 bits per heavy atom. The molecule has 10 heavy (non-hydrogen) atoms. The fourth-order valence-electron chi connectivity index (χ4n) is 0.839. The summed E-state index contributed by atoms with van der Waals surface area (Å²) in [5, 5.41) is 0. The number of ether oxygens (including phenoxy) is 1. The van der Waals surface area contributed by atoms with Crippen molar-refractivity contribution in [3.63, 3.8) is 0 Å². The lowest BCUT2D eigenvalue weighted by Crippen LogP contribution is -2.37. The Bertz CT molecular complexity index is 166. The lowest BCUT2D eigenvalue weighted by atomic mass is 9.88. The quantitative estimate of drug-likeness (QED) is 0.538. The predicted octanol–water partition coefficient (Wildman–Crippen LogP) is 1.17. The van der Waals surface area contributed by atoms with Crippen molar-refractivity contribution in [2.45, 2.75) is 13.8 Å². The molecule has 0 unspecified atom stereocenters. The highest BCUT2D eigenvalue weighted by Gasteiger charge is 2.29. The number of hydrogen-bond donors (Lipinski definition) is 0. The van der Waals surface area contributed by atoms with E-state index in [2.05, 4.69) is 6.92 Å². The van der Waals surface area contributed by atoms with E-state index in [9.17, 15) is 4.79 Å². The molecule has 1 fully saturated rings. The molecule has 1 aliphatic heterocycles. The minimum absolute atomic E-state index is 0.105. The summed E-state index contributed by atoms with van der Waals surface area (Å²) in [5.74, 6) is 0.105. The first-order chi connectivity index (χ1) is 4.62. The largest absolute Gasteiger partial charge is 0.379 e. The maximum atomic E-state index is 10.5. The molecule has 0 atom stereocenters. The van der Waals surface area contributed by atoms with Crippen LogP contribution in [0.25, 0.3) is 0 Å². The zero-order valence-electron chi connectivity index (χ0n) is 6.39. The Morgan fingerprint density at radius 1 is 1.60 bits per heavy atom. The van der Waals surface area contributed by atoms with Crippen LogP contribution in [0.3, 0.4) is 0 Å². The minimum atomic E-state index is 0.105. The molecule has 1 heterocycles. The van der Waals surface area contributed by atoms with Crippen LogP contribution in [0.15, 0.2) is 12.2 Å². The van der Waals surface area contributed by atoms with E-state index >= 15 is 0 Å². The molecule has 0 N–H and O–H groups in total. The van der Waals surface area contributed by atoms with E-state index in [0.29, 0.717) is 0 Å². The molecule has 1 saturated heterocycles. The maximum Gasteiger partial charge on any atom is 0.152 e. The van der Waals surface area contributed by atoms with Gasteiger partial charge in [0.15, 0.2) is 5.78 Å². The van der Waals surface area contributed by atoms with Crippen LogP contribution in [0.5, 0.6) is 0 Å². The van der Waals surface area contributed by atoms with E-state index in [1.54, 1.807) is 13.0 Å². The van der Waals surface area contributed by atoms with Crippen LogP contribution >= 0.6 is 0 Å². The second kappa shape index (κ2) is 2.54. The highest BCUT2D eigenvalue weighted by molar-refractivity contribution is 5.87. The molecule has 0 aromatic rings. The first kappa shape index (κ1) is 7.48. The molecule has 1 rings (SSSR count). The molecule has 0 spiro atoms. The summed E-state index contributed by atoms with van der Waals surface area (Å²) < 4.78 is 5.01. The molecule has 0 aliphatic carbocycles. The van der Waals surface area contributed by atoms with Gasteiger partial charge in [0, 0.05) is 5.41 Å². The molecule has 2 heteroatoms. The van der Waals surface area contributed by atoms with Gasteiger partial charge < -0.3 is 4.74 Å². The van der Waals surface area contributed by atoms with Gasteiger partial charge in [0.2, 0.25) is 0 Å². The van der Waals surface area contributed by atoms with Gasteiger partial charge in [0.1, 0.15) is 0 Å². The van der Waals surface area contributed by atoms with Gasteiger partial charge in [-0.1, -0.05) is 13.0 Å². The number of rotatable bonds is 2. The summed E-state index contributed by atoms with van der Waals surface area (Å²) in [4.78, 5) is 10.5. The second-order valence-electron chi connectivity index (χ2n) is 3.09. The summed E-state index contributed by atoms with van der Waals surface area (Å²) in [5.41, 5.74) is 0.131. The Balaban J connectivity index is 2.43. The Labute approximate surface area is 60.9 Å². The van der Waals surface area contributed by atoms with Crippen LogP contribution in [0.2, 0.25) is 0 Å². The Hall–Kier alpha value is -0.630. The molecular formula is C8H12O2. The van der Waals surface area contributed by atoms with Crippen molar-refractivity contribution in [2.75, 3.05) is 13.2 Å². The topological polar surface area (TPSA) is 26.3 Å². The summed E-state index contributed by atoms with van der Waals surface area (Å²) in [7, 11) is 0. The second-order valence-corrected chi connectivity index (χ2v) is 3.09. The van der Waals surface area contributed by atoms with Crippen molar-refractivity contribution in [3.05, 3.63) is 12.2 Å². The molecule has 1 aliphatic rings. The zero-order valence-corrected chi connectivity index (χ0v) is 6.39. The van der Waals surface area contributed by atoms with Crippen LogP contribution in [0.4, 0.5) is 0 Å². The van der Waals surface area contributed by atoms with Gasteiger partial charge in [0.25, 0.3) is 0 Å². The predicted molar refractivity (Wildman–Crippen MR) is 38.7 cm³/mol. The molecule has 2 nitrogen and oxygen atoms in total. The molecule has 0 aromatic carbocycles. The van der Waals surface area contributed by atoms with E-state index < -0.39 is 0 Å². The first-order valence-electron chi connectivity index (χ1n) is 3.40. The van der Waals surface area contributed by atoms with Gasteiger partial charge in [-0.25, -0.2) is 0 Å². The zero-order chi connectivity index (χ0) is 7.61. The maximum absolute atomic E-state index is 10.5. The summed E-state index contributed by atoms with van der Waals surface area (Å²) in [6.45, 7) is 5.13. The monoisotopic (exact) mass is 140 g/mol. The highest BCUT2D eigenvalue weighted by Crippen LogP contribution is 2.27. The molecule has 0 bridgehead atoms. The first-order valence-corrected chi connectivity index (χ1v) is 3.40. The van der Waals surface area contributed by atoms with Crippen LogP contribution in [0, 0.1) is 5.41 Å². The smallest absolute Gasteiger partial charge is 0.152 e. The van der Waals surface area contributed by atoms with Gasteiger partial charge in [-0.3, -0.25) is 4.79 Å². The molecule has 0 amide bonds. The van der Waals surface area contributed by atoms with E-state index in [1.165, 1.54) is 0 Å². The average molecular weight is 140 g/mol. The number of carbonyl (C=O) groups excluding carboxylic acids is 1. The summed E-state index contributed by atoms with van der Waals surface area (Å²) in [6.07, 6.45) is 3.54. The van der Waals surface area contributed by atoms with Crippen molar-refractivity contribution in [1.82, 2.24) is 0 Å². The molecule has 0 radical (unpaired) electrons. The average Bonchev–Trinajstić information content (AvgIpc) is 1.79.